The molecule has 37 heavy (non-hydrogen) atoms. The van der Waals surface area contributed by atoms with Crippen LogP contribution in [0.15, 0.2) is 65.6 Å². The van der Waals surface area contributed by atoms with E-state index in [2.05, 4.69) is 5.32 Å². The molecule has 1 unspecified atom stereocenters. The fourth-order valence-electron chi connectivity index (χ4n) is 4.00. The number of hydrogen-bond acceptors (Lipinski definition) is 5. The number of rotatable bonds is 7. The van der Waals surface area contributed by atoms with Gasteiger partial charge in [0.25, 0.3) is 5.91 Å². The highest BCUT2D eigenvalue weighted by Gasteiger charge is 2.30. The lowest BCUT2D eigenvalue weighted by Crippen LogP contribution is -2.49. The van der Waals surface area contributed by atoms with Crippen molar-refractivity contribution >= 4 is 62.1 Å². The van der Waals surface area contributed by atoms with E-state index in [1.165, 1.54) is 10.4 Å². The van der Waals surface area contributed by atoms with Crippen molar-refractivity contribution in [3.05, 3.63) is 81.3 Å². The third kappa shape index (κ3) is 6.33. The first-order valence-corrected chi connectivity index (χ1v) is 14.2. The van der Waals surface area contributed by atoms with E-state index < -0.39 is 22.0 Å². The molecule has 1 atom stereocenters. The number of halogens is 3. The number of carbonyl (C=O) groups is 1. The number of ether oxygens (including phenoxy) is 1. The van der Waals surface area contributed by atoms with Crippen LogP contribution < -0.4 is 15.0 Å². The van der Waals surface area contributed by atoms with E-state index in [-0.39, 0.29) is 18.0 Å². The monoisotopic (exact) mass is 581 g/mol. The number of carbonyl (C=O) groups excluding carboxylic acids is 1. The van der Waals surface area contributed by atoms with Gasteiger partial charge in [0.15, 0.2) is 6.10 Å². The number of benzene rings is 3. The van der Waals surface area contributed by atoms with Gasteiger partial charge < -0.3 is 15.0 Å². The number of amides is 1. The molecule has 0 aliphatic carbocycles. The number of piperazine rings is 1. The summed E-state index contributed by atoms with van der Waals surface area (Å²) in [6.45, 7) is 4.90. The molecule has 0 spiro atoms. The first-order valence-electron chi connectivity index (χ1n) is 11.6. The topological polar surface area (TPSA) is 79.0 Å². The molecule has 1 heterocycles. The molecule has 4 rings (SSSR count). The molecule has 1 fully saturated rings. The molecule has 0 bridgehead atoms. The van der Waals surface area contributed by atoms with Gasteiger partial charge in [0.2, 0.25) is 10.0 Å². The minimum absolute atomic E-state index is 0.270. The number of para-hydroxylation sites is 1. The summed E-state index contributed by atoms with van der Waals surface area (Å²) in [6.07, 6.45) is -0.859. The summed E-state index contributed by atoms with van der Waals surface area (Å²) in [5.74, 6) is -0.0546. The SMILES string of the molecule is Cc1ccc(S(=O)(=O)N2CCN(c3c(Cl)cccc3NC(=O)C(C)Oc3ccc(Cl)cc3Cl)CC2)cc1. The zero-order chi connectivity index (χ0) is 26.7. The normalized spacial score (nSPS) is 15.3. The Morgan fingerprint density at radius 3 is 2.27 bits per heavy atom. The van der Waals surface area contributed by atoms with Crippen LogP contribution in [0.1, 0.15) is 12.5 Å². The maximum Gasteiger partial charge on any atom is 0.265 e. The number of nitrogens with zero attached hydrogens (tertiary/aromatic N) is 2. The molecule has 196 valence electrons. The molecule has 3 aromatic rings. The number of aryl methyl sites for hydroxylation is 1. The summed E-state index contributed by atoms with van der Waals surface area (Å²) in [5, 5.41) is 4.09. The van der Waals surface area contributed by atoms with Gasteiger partial charge in [0, 0.05) is 31.2 Å². The van der Waals surface area contributed by atoms with Gasteiger partial charge in [-0.25, -0.2) is 8.42 Å². The molecule has 1 N–H and O–H groups in total. The Labute approximate surface area is 231 Å². The van der Waals surface area contributed by atoms with Gasteiger partial charge in [0.1, 0.15) is 5.75 Å². The number of hydrogen-bond donors (Lipinski definition) is 1. The number of nitrogens with one attached hydrogen (secondary N) is 1. The predicted octanol–water partition coefficient (Wildman–Crippen LogP) is 5.87. The molecular weight excluding hydrogens is 557 g/mol. The van der Waals surface area contributed by atoms with Gasteiger partial charge in [0.05, 0.1) is 26.3 Å². The van der Waals surface area contributed by atoms with Crippen molar-refractivity contribution in [2.24, 2.45) is 0 Å². The second-order valence-electron chi connectivity index (χ2n) is 8.66. The maximum absolute atomic E-state index is 13.1. The molecule has 3 aromatic carbocycles. The Bertz CT molecular complexity index is 1390. The van der Waals surface area contributed by atoms with Crippen molar-refractivity contribution in [1.82, 2.24) is 4.31 Å². The van der Waals surface area contributed by atoms with E-state index in [0.29, 0.717) is 45.3 Å². The van der Waals surface area contributed by atoms with Crippen LogP contribution in [-0.4, -0.2) is 50.9 Å². The van der Waals surface area contributed by atoms with Gasteiger partial charge in [-0.15, -0.1) is 0 Å². The summed E-state index contributed by atoms with van der Waals surface area (Å²) in [7, 11) is -3.60. The maximum atomic E-state index is 13.1. The molecule has 1 aliphatic rings. The molecule has 0 radical (unpaired) electrons. The summed E-state index contributed by atoms with van der Waals surface area (Å²) in [4.78, 5) is 15.2. The summed E-state index contributed by atoms with van der Waals surface area (Å²) >= 11 is 18.6. The Balaban J connectivity index is 1.46. The van der Waals surface area contributed by atoms with Crippen LogP contribution >= 0.6 is 34.8 Å². The second-order valence-corrected chi connectivity index (χ2v) is 11.9. The molecule has 1 amide bonds. The second kappa shape index (κ2) is 11.5. The first kappa shape index (κ1) is 27.5. The molecule has 0 aromatic heterocycles. The average molecular weight is 583 g/mol. The minimum atomic E-state index is -3.60. The summed E-state index contributed by atoms with van der Waals surface area (Å²) < 4.78 is 33.4. The standard InChI is InChI=1S/C26H26Cl3N3O4S/c1-17-6-9-20(10-7-17)37(34,35)32-14-12-31(13-15-32)25-21(28)4-3-5-23(25)30-26(33)18(2)36-24-11-8-19(27)16-22(24)29/h3-11,16,18H,12-15H2,1-2H3,(H,30,33). The van der Waals surface area contributed by atoms with Crippen molar-refractivity contribution in [2.75, 3.05) is 36.4 Å². The van der Waals surface area contributed by atoms with Gasteiger partial charge in [-0.1, -0.05) is 58.6 Å². The van der Waals surface area contributed by atoms with Crippen LogP contribution in [0.4, 0.5) is 11.4 Å². The van der Waals surface area contributed by atoms with E-state index in [1.54, 1.807) is 61.5 Å². The van der Waals surface area contributed by atoms with Crippen LogP contribution in [0.25, 0.3) is 0 Å². The van der Waals surface area contributed by atoms with Crippen molar-refractivity contribution in [3.8, 4) is 5.75 Å². The first-order chi connectivity index (χ1) is 17.6. The smallest absolute Gasteiger partial charge is 0.265 e. The fourth-order valence-corrected chi connectivity index (χ4v) is 6.17. The van der Waals surface area contributed by atoms with Crippen molar-refractivity contribution < 1.29 is 17.9 Å². The van der Waals surface area contributed by atoms with Crippen LogP contribution in [-0.2, 0) is 14.8 Å². The lowest BCUT2D eigenvalue weighted by atomic mass is 10.2. The highest BCUT2D eigenvalue weighted by molar-refractivity contribution is 7.89. The summed E-state index contributed by atoms with van der Waals surface area (Å²) in [6, 6.07) is 16.8. The minimum Gasteiger partial charge on any atom is -0.479 e. The van der Waals surface area contributed by atoms with E-state index >= 15 is 0 Å². The van der Waals surface area contributed by atoms with E-state index in [4.69, 9.17) is 39.5 Å². The lowest BCUT2D eigenvalue weighted by molar-refractivity contribution is -0.122. The van der Waals surface area contributed by atoms with Crippen molar-refractivity contribution in [2.45, 2.75) is 24.8 Å². The highest BCUT2D eigenvalue weighted by Crippen LogP contribution is 2.35. The van der Waals surface area contributed by atoms with E-state index in [9.17, 15) is 13.2 Å². The molecule has 0 saturated carbocycles. The largest absolute Gasteiger partial charge is 0.479 e. The van der Waals surface area contributed by atoms with Crippen molar-refractivity contribution in [3.63, 3.8) is 0 Å². The third-order valence-electron chi connectivity index (χ3n) is 6.03. The molecular formula is C26H26Cl3N3O4S. The lowest BCUT2D eigenvalue weighted by Gasteiger charge is -2.36. The Hall–Kier alpha value is -2.49. The highest BCUT2D eigenvalue weighted by atomic mass is 35.5. The quantitative estimate of drug-likeness (QED) is 0.377. The van der Waals surface area contributed by atoms with Crippen LogP contribution in [0.2, 0.25) is 15.1 Å². The zero-order valence-electron chi connectivity index (χ0n) is 20.2. The molecule has 1 aliphatic heterocycles. The average Bonchev–Trinajstić information content (AvgIpc) is 2.86. The van der Waals surface area contributed by atoms with Crippen LogP contribution in [0, 0.1) is 6.92 Å². The third-order valence-corrected chi connectivity index (χ3v) is 8.77. The van der Waals surface area contributed by atoms with E-state index in [1.807, 2.05) is 11.8 Å². The van der Waals surface area contributed by atoms with Crippen molar-refractivity contribution in [1.29, 1.82) is 0 Å². The molecule has 7 nitrogen and oxygen atoms in total. The van der Waals surface area contributed by atoms with E-state index in [0.717, 1.165) is 5.56 Å². The summed E-state index contributed by atoms with van der Waals surface area (Å²) in [5.41, 5.74) is 2.12. The number of sulfonamides is 1. The van der Waals surface area contributed by atoms with Gasteiger partial charge in [-0.2, -0.15) is 4.31 Å². The van der Waals surface area contributed by atoms with Crippen LogP contribution in [0.5, 0.6) is 5.75 Å². The van der Waals surface area contributed by atoms with Gasteiger partial charge in [-0.3, -0.25) is 4.79 Å². The molecule has 11 heteroatoms. The Morgan fingerprint density at radius 2 is 1.62 bits per heavy atom. The Morgan fingerprint density at radius 1 is 0.946 bits per heavy atom. The van der Waals surface area contributed by atoms with Gasteiger partial charge >= 0.3 is 0 Å². The molecule has 1 saturated heterocycles. The fraction of sp³-hybridized carbons (Fsp3) is 0.269. The zero-order valence-corrected chi connectivity index (χ0v) is 23.3. The van der Waals surface area contributed by atoms with Gasteiger partial charge in [-0.05, 0) is 56.3 Å². The Kier molecular flexibility index (Phi) is 8.56. The van der Waals surface area contributed by atoms with Crippen LogP contribution in [0.3, 0.4) is 0 Å². The predicted molar refractivity (Wildman–Crippen MR) is 149 cm³/mol. The number of anilines is 2.